The lowest BCUT2D eigenvalue weighted by molar-refractivity contribution is 0.631. The van der Waals surface area contributed by atoms with Crippen molar-refractivity contribution in [2.75, 3.05) is 5.32 Å². The molecule has 0 aliphatic carbocycles. The molecule has 0 spiro atoms. The number of rotatable bonds is 2. The summed E-state index contributed by atoms with van der Waals surface area (Å²) in [5.74, 6) is 0.0184. The van der Waals surface area contributed by atoms with Crippen LogP contribution >= 0.6 is 27.5 Å². The molecule has 1 aromatic heterocycles. The van der Waals surface area contributed by atoms with E-state index in [-0.39, 0.29) is 11.0 Å². The van der Waals surface area contributed by atoms with Gasteiger partial charge in [-0.2, -0.15) is 0 Å². The van der Waals surface area contributed by atoms with Gasteiger partial charge in [-0.15, -0.1) is 0 Å². The average molecular weight is 303 g/mol. The Balaban J connectivity index is 2.27. The molecule has 16 heavy (non-hydrogen) atoms. The zero-order valence-electron chi connectivity index (χ0n) is 7.92. The molecule has 0 bridgehead atoms. The van der Waals surface area contributed by atoms with Gasteiger partial charge in [0.25, 0.3) is 0 Å². The van der Waals surface area contributed by atoms with Gasteiger partial charge in [-0.25, -0.2) is 9.37 Å². The summed E-state index contributed by atoms with van der Waals surface area (Å²) in [5, 5.41) is 3.04. The molecule has 1 heterocycles. The van der Waals surface area contributed by atoms with Gasteiger partial charge in [-0.05, 0) is 18.2 Å². The van der Waals surface area contributed by atoms with E-state index in [1.807, 2.05) is 0 Å². The van der Waals surface area contributed by atoms with Gasteiger partial charge in [0.1, 0.15) is 11.0 Å². The van der Waals surface area contributed by atoms with Gasteiger partial charge in [0.2, 0.25) is 0 Å². The molecule has 0 atom stereocenters. The van der Waals surface area contributed by atoms with Gasteiger partial charge in [0.05, 0.1) is 18.1 Å². The zero-order chi connectivity index (χ0) is 11.5. The normalized spacial score (nSPS) is 10.2. The van der Waals surface area contributed by atoms with Gasteiger partial charge in [0, 0.05) is 4.47 Å². The minimum Gasteiger partial charge on any atom is -0.337 e. The van der Waals surface area contributed by atoms with Crippen molar-refractivity contribution in [2.24, 2.45) is 0 Å². The maximum atomic E-state index is 13.5. The summed E-state index contributed by atoms with van der Waals surface area (Å²) in [5.41, 5.74) is 0.319. The van der Waals surface area contributed by atoms with Gasteiger partial charge < -0.3 is 5.32 Å². The van der Waals surface area contributed by atoms with Crippen molar-refractivity contribution in [1.82, 2.24) is 9.97 Å². The van der Waals surface area contributed by atoms with E-state index in [1.54, 1.807) is 12.1 Å². The molecule has 0 saturated carbocycles. The van der Waals surface area contributed by atoms with E-state index in [4.69, 9.17) is 11.6 Å². The SMILES string of the molecule is Fc1cc(Br)ccc1Nc1cncc(Cl)n1. The molecule has 0 fully saturated rings. The third-order valence-corrected chi connectivity index (χ3v) is 2.47. The maximum Gasteiger partial charge on any atom is 0.150 e. The van der Waals surface area contributed by atoms with Crippen LogP contribution in [0.15, 0.2) is 35.1 Å². The van der Waals surface area contributed by atoms with Crippen molar-refractivity contribution >= 4 is 39.0 Å². The molecule has 2 rings (SSSR count). The van der Waals surface area contributed by atoms with E-state index >= 15 is 0 Å². The minimum atomic E-state index is -0.379. The summed E-state index contributed by atoms with van der Waals surface area (Å²) in [6, 6.07) is 4.69. The predicted octanol–water partition coefficient (Wildman–Crippen LogP) is 3.78. The molecule has 0 radical (unpaired) electrons. The Hall–Kier alpha value is -1.20. The first-order valence-corrected chi connectivity index (χ1v) is 5.52. The molecular formula is C10H6BrClFN3. The Morgan fingerprint density at radius 2 is 2.12 bits per heavy atom. The molecule has 0 saturated heterocycles. The minimum absolute atomic E-state index is 0.252. The Bertz CT molecular complexity index is 521. The number of nitrogens with one attached hydrogen (secondary N) is 1. The van der Waals surface area contributed by atoms with E-state index in [0.717, 1.165) is 0 Å². The second-order valence-electron chi connectivity index (χ2n) is 2.98. The summed E-state index contributed by atoms with van der Waals surface area (Å²) in [7, 11) is 0. The van der Waals surface area contributed by atoms with E-state index in [2.05, 4.69) is 31.2 Å². The summed E-state index contributed by atoms with van der Waals surface area (Å²) in [6.45, 7) is 0. The van der Waals surface area contributed by atoms with Crippen molar-refractivity contribution in [2.45, 2.75) is 0 Å². The van der Waals surface area contributed by atoms with Gasteiger partial charge in [0.15, 0.2) is 5.82 Å². The maximum absolute atomic E-state index is 13.5. The second-order valence-corrected chi connectivity index (χ2v) is 4.28. The highest BCUT2D eigenvalue weighted by atomic mass is 79.9. The number of halogens is 3. The molecular weight excluding hydrogens is 296 g/mol. The van der Waals surface area contributed by atoms with Gasteiger partial charge >= 0.3 is 0 Å². The smallest absolute Gasteiger partial charge is 0.150 e. The molecule has 1 N–H and O–H groups in total. The Kier molecular flexibility index (Phi) is 3.36. The summed E-state index contributed by atoms with van der Waals surface area (Å²) in [4.78, 5) is 7.78. The molecule has 0 aliphatic heterocycles. The van der Waals surface area contributed by atoms with Crippen molar-refractivity contribution in [3.63, 3.8) is 0 Å². The number of hydrogen-bond donors (Lipinski definition) is 1. The topological polar surface area (TPSA) is 37.8 Å². The lowest BCUT2D eigenvalue weighted by atomic mass is 10.3. The van der Waals surface area contributed by atoms with Crippen LogP contribution in [0.2, 0.25) is 5.15 Å². The van der Waals surface area contributed by atoms with E-state index in [9.17, 15) is 4.39 Å². The zero-order valence-corrected chi connectivity index (χ0v) is 10.3. The highest BCUT2D eigenvalue weighted by Gasteiger charge is 2.04. The van der Waals surface area contributed by atoms with E-state index in [1.165, 1.54) is 18.5 Å². The standard InChI is InChI=1S/C10H6BrClFN3/c11-6-1-2-8(7(13)3-6)15-10-5-14-4-9(12)16-10/h1-5H,(H,15,16). The molecule has 6 heteroatoms. The van der Waals surface area contributed by atoms with Crippen LogP contribution in [-0.4, -0.2) is 9.97 Å². The van der Waals surface area contributed by atoms with Crippen LogP contribution in [0.25, 0.3) is 0 Å². The van der Waals surface area contributed by atoms with Crippen LogP contribution in [0.5, 0.6) is 0 Å². The number of nitrogens with zero attached hydrogens (tertiary/aromatic N) is 2. The van der Waals surface area contributed by atoms with E-state index in [0.29, 0.717) is 16.0 Å². The van der Waals surface area contributed by atoms with Crippen LogP contribution in [0, 0.1) is 5.82 Å². The Morgan fingerprint density at radius 1 is 1.31 bits per heavy atom. The molecule has 0 unspecified atom stereocenters. The molecule has 2 aromatic rings. The molecule has 0 amide bonds. The fraction of sp³-hybridized carbons (Fsp3) is 0. The fourth-order valence-corrected chi connectivity index (χ4v) is 1.61. The molecule has 0 aliphatic rings. The summed E-state index contributed by atoms with van der Waals surface area (Å²) in [6.07, 6.45) is 2.87. The van der Waals surface area contributed by atoms with Crippen molar-refractivity contribution in [3.8, 4) is 0 Å². The van der Waals surface area contributed by atoms with Crippen LogP contribution in [0.3, 0.4) is 0 Å². The first-order valence-electron chi connectivity index (χ1n) is 4.35. The van der Waals surface area contributed by atoms with Crippen LogP contribution in [-0.2, 0) is 0 Å². The first-order chi connectivity index (χ1) is 7.65. The lowest BCUT2D eigenvalue weighted by Crippen LogP contribution is -1.96. The number of anilines is 2. The van der Waals surface area contributed by atoms with Crippen molar-refractivity contribution in [3.05, 3.63) is 46.0 Å². The molecule has 82 valence electrons. The van der Waals surface area contributed by atoms with Crippen LogP contribution in [0.4, 0.5) is 15.9 Å². The van der Waals surface area contributed by atoms with Gasteiger partial charge in [-0.3, -0.25) is 4.98 Å². The third-order valence-electron chi connectivity index (χ3n) is 1.80. The van der Waals surface area contributed by atoms with Gasteiger partial charge in [-0.1, -0.05) is 27.5 Å². The van der Waals surface area contributed by atoms with Crippen molar-refractivity contribution < 1.29 is 4.39 Å². The first kappa shape index (κ1) is 11.3. The van der Waals surface area contributed by atoms with Crippen molar-refractivity contribution in [1.29, 1.82) is 0 Å². The van der Waals surface area contributed by atoms with Crippen LogP contribution in [0.1, 0.15) is 0 Å². The Labute approximate surface area is 105 Å². The monoisotopic (exact) mass is 301 g/mol. The Morgan fingerprint density at radius 3 is 2.81 bits per heavy atom. The number of hydrogen-bond acceptors (Lipinski definition) is 3. The molecule has 3 nitrogen and oxygen atoms in total. The number of aromatic nitrogens is 2. The quantitative estimate of drug-likeness (QED) is 0.917. The third kappa shape index (κ3) is 2.68. The second kappa shape index (κ2) is 4.76. The van der Waals surface area contributed by atoms with Crippen LogP contribution < -0.4 is 5.32 Å². The highest BCUT2D eigenvalue weighted by Crippen LogP contribution is 2.22. The highest BCUT2D eigenvalue weighted by molar-refractivity contribution is 9.10. The summed E-state index contributed by atoms with van der Waals surface area (Å²) >= 11 is 8.84. The fourth-order valence-electron chi connectivity index (χ4n) is 1.13. The predicted molar refractivity (Wildman–Crippen MR) is 64.4 cm³/mol. The lowest BCUT2D eigenvalue weighted by Gasteiger charge is -2.06. The average Bonchev–Trinajstić information content (AvgIpc) is 2.22. The molecule has 1 aromatic carbocycles. The number of benzene rings is 1. The summed E-state index contributed by atoms with van der Waals surface area (Å²) < 4.78 is 14.1. The van der Waals surface area contributed by atoms with E-state index < -0.39 is 0 Å². The largest absolute Gasteiger partial charge is 0.337 e.